The highest BCUT2D eigenvalue weighted by atomic mass is 16.9. The first-order valence-electron chi connectivity index (χ1n) is 13.0. The van der Waals surface area contributed by atoms with E-state index >= 15 is 0 Å². The predicted octanol–water partition coefficient (Wildman–Crippen LogP) is 3.98. The number of fused-ring (bicyclic) bond motifs is 5. The summed E-state index contributed by atoms with van der Waals surface area (Å²) in [5.41, 5.74) is -0.0262. The van der Waals surface area contributed by atoms with Gasteiger partial charge >= 0.3 is 11.9 Å². The van der Waals surface area contributed by atoms with Gasteiger partial charge in [0.05, 0.1) is 7.11 Å². The second kappa shape index (κ2) is 7.39. The largest absolute Gasteiger partial charge is 0.495 e. The SMILES string of the molecule is COc1c2c(c(C)c3c1C(=O)OC3)O[C@]1(C)C[C@@H](OC(C)=O)[C@]34O[C@](OC)(CC[C@]3(C)[C@H]1C2)OC4(C)C. The zero-order valence-corrected chi connectivity index (χ0v) is 22.9. The van der Waals surface area contributed by atoms with Crippen molar-refractivity contribution in [2.75, 3.05) is 14.2 Å². The molecule has 0 unspecified atom stereocenters. The topological polar surface area (TPSA) is 98.8 Å². The quantitative estimate of drug-likeness (QED) is 0.552. The molecule has 4 heterocycles. The molecule has 0 aromatic heterocycles. The Labute approximate surface area is 217 Å². The zero-order chi connectivity index (χ0) is 26.8. The molecule has 9 heteroatoms. The number of ether oxygens (including phenoxy) is 7. The van der Waals surface area contributed by atoms with Crippen LogP contribution in [0.4, 0.5) is 0 Å². The first-order valence-corrected chi connectivity index (χ1v) is 13.0. The van der Waals surface area contributed by atoms with Crippen molar-refractivity contribution in [1.29, 1.82) is 0 Å². The number of cyclic esters (lactones) is 1. The lowest BCUT2D eigenvalue weighted by molar-refractivity contribution is -0.392. The third kappa shape index (κ3) is 2.85. The van der Waals surface area contributed by atoms with Crippen LogP contribution in [0.3, 0.4) is 0 Å². The van der Waals surface area contributed by atoms with Crippen molar-refractivity contribution in [3.63, 3.8) is 0 Å². The fraction of sp³-hybridized carbons (Fsp3) is 0.714. The van der Waals surface area contributed by atoms with E-state index in [0.29, 0.717) is 37.0 Å². The number of methoxy groups -OCH3 is 2. The molecule has 0 amide bonds. The van der Waals surface area contributed by atoms with Gasteiger partial charge in [-0.15, -0.1) is 0 Å². The first kappa shape index (κ1) is 24.9. The molecule has 1 spiro atoms. The fourth-order valence-electron chi connectivity index (χ4n) is 8.54. The van der Waals surface area contributed by atoms with Gasteiger partial charge < -0.3 is 33.2 Å². The van der Waals surface area contributed by atoms with Crippen LogP contribution < -0.4 is 9.47 Å². The first-order chi connectivity index (χ1) is 17.3. The smallest absolute Gasteiger partial charge is 0.342 e. The summed E-state index contributed by atoms with van der Waals surface area (Å²) in [6.07, 6.45) is 1.60. The van der Waals surface area contributed by atoms with Crippen LogP contribution in [0.2, 0.25) is 0 Å². The van der Waals surface area contributed by atoms with Crippen LogP contribution in [0.25, 0.3) is 0 Å². The van der Waals surface area contributed by atoms with Gasteiger partial charge in [0.2, 0.25) is 0 Å². The third-order valence-electron chi connectivity index (χ3n) is 9.96. The van der Waals surface area contributed by atoms with Crippen molar-refractivity contribution in [2.45, 2.75) is 103 Å². The van der Waals surface area contributed by atoms with Crippen LogP contribution in [0.5, 0.6) is 11.5 Å². The van der Waals surface area contributed by atoms with Crippen molar-refractivity contribution in [3.8, 4) is 11.5 Å². The van der Waals surface area contributed by atoms with E-state index in [4.69, 9.17) is 33.2 Å². The number of esters is 2. The van der Waals surface area contributed by atoms with E-state index in [1.807, 2.05) is 20.8 Å². The van der Waals surface area contributed by atoms with Crippen molar-refractivity contribution < 1.29 is 42.7 Å². The highest BCUT2D eigenvalue weighted by molar-refractivity contribution is 5.98. The van der Waals surface area contributed by atoms with E-state index in [1.165, 1.54) is 6.92 Å². The van der Waals surface area contributed by atoms with Crippen molar-refractivity contribution in [3.05, 3.63) is 22.3 Å². The molecule has 5 aliphatic rings. The molecule has 6 atom stereocenters. The summed E-state index contributed by atoms with van der Waals surface area (Å²) in [4.78, 5) is 25.1. The number of carbonyl (C=O) groups is 2. The maximum Gasteiger partial charge on any atom is 0.342 e. The van der Waals surface area contributed by atoms with E-state index in [2.05, 4.69) is 13.8 Å². The average molecular weight is 517 g/mol. The van der Waals surface area contributed by atoms with Gasteiger partial charge in [0.25, 0.3) is 5.97 Å². The number of hydrogen-bond donors (Lipinski definition) is 0. The normalized spacial score (nSPS) is 40.5. The summed E-state index contributed by atoms with van der Waals surface area (Å²) in [6, 6.07) is 0. The number of hydrogen-bond acceptors (Lipinski definition) is 9. The molecule has 9 nitrogen and oxygen atoms in total. The summed E-state index contributed by atoms with van der Waals surface area (Å²) < 4.78 is 43.4. The minimum absolute atomic E-state index is 0.0705. The highest BCUT2D eigenvalue weighted by Gasteiger charge is 2.81. The molecule has 3 fully saturated rings. The van der Waals surface area contributed by atoms with Gasteiger partial charge in [0.15, 0.2) is 0 Å². The lowest BCUT2D eigenvalue weighted by atomic mass is 9.45. The van der Waals surface area contributed by atoms with Gasteiger partial charge in [-0.1, -0.05) is 6.92 Å². The lowest BCUT2D eigenvalue weighted by Gasteiger charge is -2.66. The standard InChI is InChI=1S/C28H36O9/c1-14-17-13-33-23(30)20(17)22(31-7)16-11-18-25(5)9-10-27(32-8)36-24(3,4)28(25,37-27)19(34-15(2)29)12-26(18,6)35-21(14)16/h18-19H,9-13H2,1-8H3/t18-,19-,25-,26-,27+,28-/m1/s1. The molecule has 2 bridgehead atoms. The third-order valence-corrected chi connectivity index (χ3v) is 9.96. The van der Waals surface area contributed by atoms with Crippen LogP contribution in [0.1, 0.15) is 80.9 Å². The molecular formula is C28H36O9. The van der Waals surface area contributed by atoms with Crippen LogP contribution in [0, 0.1) is 18.3 Å². The van der Waals surface area contributed by atoms with Gasteiger partial charge in [-0.3, -0.25) is 4.79 Å². The van der Waals surface area contributed by atoms with Crippen LogP contribution in [-0.4, -0.2) is 55.0 Å². The fourth-order valence-corrected chi connectivity index (χ4v) is 8.54. The molecule has 4 aliphatic heterocycles. The van der Waals surface area contributed by atoms with Crippen LogP contribution in [-0.2, 0) is 41.5 Å². The van der Waals surface area contributed by atoms with E-state index in [0.717, 1.165) is 22.4 Å². The van der Waals surface area contributed by atoms with Crippen LogP contribution >= 0.6 is 0 Å². The molecule has 1 aromatic rings. The maximum atomic E-state index is 12.7. The van der Waals surface area contributed by atoms with E-state index < -0.39 is 34.3 Å². The molecule has 0 radical (unpaired) electrons. The molecule has 1 aromatic carbocycles. The molecular weight excluding hydrogens is 480 g/mol. The van der Waals surface area contributed by atoms with E-state index in [1.54, 1.807) is 14.2 Å². The predicted molar refractivity (Wildman–Crippen MR) is 129 cm³/mol. The van der Waals surface area contributed by atoms with Gasteiger partial charge in [-0.2, -0.15) is 0 Å². The molecule has 1 aliphatic carbocycles. The summed E-state index contributed by atoms with van der Waals surface area (Å²) in [6.45, 7) is 11.8. The number of carbonyl (C=O) groups excluding carboxylic acids is 2. The Kier molecular flexibility index (Phi) is 4.98. The second-order valence-corrected chi connectivity index (χ2v) is 12.1. The van der Waals surface area contributed by atoms with Gasteiger partial charge in [-0.05, 0) is 46.1 Å². The van der Waals surface area contributed by atoms with Gasteiger partial charge in [-0.25, -0.2) is 4.79 Å². The summed E-state index contributed by atoms with van der Waals surface area (Å²) >= 11 is 0. The van der Waals surface area contributed by atoms with Crippen molar-refractivity contribution >= 4 is 11.9 Å². The number of benzene rings is 1. The van der Waals surface area contributed by atoms with Gasteiger partial charge in [0.1, 0.15) is 46.6 Å². The van der Waals surface area contributed by atoms with Crippen molar-refractivity contribution in [2.24, 2.45) is 11.3 Å². The average Bonchev–Trinajstić information content (AvgIpc) is 3.30. The minimum Gasteiger partial charge on any atom is -0.495 e. The lowest BCUT2D eigenvalue weighted by Crippen LogP contribution is -2.77. The summed E-state index contributed by atoms with van der Waals surface area (Å²) in [5, 5.41) is 0. The van der Waals surface area contributed by atoms with Crippen molar-refractivity contribution in [1.82, 2.24) is 0 Å². The maximum absolute atomic E-state index is 12.7. The molecule has 2 saturated heterocycles. The molecule has 6 rings (SSSR count). The molecule has 202 valence electrons. The minimum atomic E-state index is -1.21. The monoisotopic (exact) mass is 516 g/mol. The van der Waals surface area contributed by atoms with Gasteiger partial charge in [0, 0.05) is 49.3 Å². The Morgan fingerprint density at radius 1 is 1.05 bits per heavy atom. The highest BCUT2D eigenvalue weighted by Crippen LogP contribution is 2.71. The molecule has 0 N–H and O–H groups in total. The Hall–Kier alpha value is -2.36. The van der Waals surface area contributed by atoms with E-state index in [-0.39, 0.29) is 24.5 Å². The molecule has 37 heavy (non-hydrogen) atoms. The summed E-state index contributed by atoms with van der Waals surface area (Å²) in [7, 11) is 3.16. The van der Waals surface area contributed by atoms with E-state index in [9.17, 15) is 9.59 Å². The Morgan fingerprint density at radius 3 is 2.43 bits per heavy atom. The Balaban J connectivity index is 1.57. The Morgan fingerprint density at radius 2 is 1.78 bits per heavy atom. The number of rotatable bonds is 3. The zero-order valence-electron chi connectivity index (χ0n) is 22.9. The summed E-state index contributed by atoms with van der Waals surface area (Å²) in [5.74, 6) is -0.793. The Bertz CT molecular complexity index is 1220. The van der Waals surface area contributed by atoms with Crippen LogP contribution in [0.15, 0.2) is 0 Å². The second-order valence-electron chi connectivity index (χ2n) is 12.1. The molecule has 1 saturated carbocycles.